The molecule has 0 spiro atoms. The number of ether oxygens (including phenoxy) is 1. The summed E-state index contributed by atoms with van der Waals surface area (Å²) < 4.78 is 5.73. The minimum absolute atomic E-state index is 0.0491. The normalized spacial score (nSPS) is 26.2. The zero-order chi connectivity index (χ0) is 18.0. The molecule has 2 N–H and O–H groups in total. The molecule has 5 heteroatoms. The molecular weight excluding hydrogens is 316 g/mol. The highest BCUT2D eigenvalue weighted by Crippen LogP contribution is 2.38. The molecule has 0 radical (unpaired) electrons. The number of nitrogens with one attached hydrogen (secondary N) is 2. The van der Waals surface area contributed by atoms with E-state index in [0.717, 1.165) is 19.3 Å². The maximum atomic E-state index is 12.5. The number of amides is 2. The Morgan fingerprint density at radius 1 is 1.24 bits per heavy atom. The van der Waals surface area contributed by atoms with Crippen LogP contribution in [0.4, 0.5) is 5.69 Å². The molecular formula is C20H28N2O3. The van der Waals surface area contributed by atoms with E-state index in [-0.39, 0.29) is 29.7 Å². The minimum Gasteiger partial charge on any atom is -0.478 e. The van der Waals surface area contributed by atoms with Crippen LogP contribution in [0.5, 0.6) is 5.75 Å². The van der Waals surface area contributed by atoms with Crippen LogP contribution in [-0.4, -0.2) is 24.0 Å². The largest absolute Gasteiger partial charge is 0.478 e. The average molecular weight is 344 g/mol. The fourth-order valence-electron chi connectivity index (χ4n) is 4.00. The molecule has 1 saturated carbocycles. The van der Waals surface area contributed by atoms with E-state index in [0.29, 0.717) is 17.4 Å². The van der Waals surface area contributed by atoms with Gasteiger partial charge in [-0.3, -0.25) is 9.59 Å². The fraction of sp³-hybridized carbons (Fsp3) is 0.600. The summed E-state index contributed by atoms with van der Waals surface area (Å²) in [5, 5.41) is 5.98. The number of anilines is 1. The number of carbonyl (C=O) groups is 2. The summed E-state index contributed by atoms with van der Waals surface area (Å²) in [6.45, 7) is 6.70. The van der Waals surface area contributed by atoms with Crippen LogP contribution in [-0.2, 0) is 9.59 Å². The van der Waals surface area contributed by atoms with Crippen LogP contribution >= 0.6 is 0 Å². The van der Waals surface area contributed by atoms with Gasteiger partial charge in [-0.25, -0.2) is 0 Å². The molecule has 2 aliphatic rings. The lowest BCUT2D eigenvalue weighted by Crippen LogP contribution is -2.48. The van der Waals surface area contributed by atoms with Gasteiger partial charge in [0.15, 0.2) is 6.10 Å². The van der Waals surface area contributed by atoms with Gasteiger partial charge in [0, 0.05) is 6.04 Å². The first-order valence-electron chi connectivity index (χ1n) is 9.20. The second kappa shape index (κ2) is 7.06. The lowest BCUT2D eigenvalue weighted by atomic mass is 9.69. The Morgan fingerprint density at radius 3 is 2.72 bits per heavy atom. The number of para-hydroxylation sites is 2. The van der Waals surface area contributed by atoms with E-state index in [9.17, 15) is 9.59 Å². The Hall–Kier alpha value is -2.04. The van der Waals surface area contributed by atoms with E-state index < -0.39 is 6.10 Å². The number of rotatable bonds is 3. The predicted molar refractivity (Wildman–Crippen MR) is 97.4 cm³/mol. The van der Waals surface area contributed by atoms with Crippen molar-refractivity contribution in [2.24, 2.45) is 11.3 Å². The third kappa shape index (κ3) is 4.14. The zero-order valence-electron chi connectivity index (χ0n) is 15.3. The van der Waals surface area contributed by atoms with E-state index in [2.05, 4.69) is 31.4 Å². The van der Waals surface area contributed by atoms with Crippen LogP contribution < -0.4 is 15.4 Å². The van der Waals surface area contributed by atoms with Gasteiger partial charge in [0.25, 0.3) is 5.91 Å². The third-order valence-electron chi connectivity index (χ3n) is 5.30. The Labute approximate surface area is 149 Å². The van der Waals surface area contributed by atoms with Crippen LogP contribution in [0, 0.1) is 11.3 Å². The Kier molecular flexibility index (Phi) is 5.02. The first-order chi connectivity index (χ1) is 11.8. The van der Waals surface area contributed by atoms with Crippen molar-refractivity contribution in [2.45, 2.75) is 65.0 Å². The van der Waals surface area contributed by atoms with Crippen molar-refractivity contribution >= 4 is 17.5 Å². The Bertz CT molecular complexity index is 651. The molecule has 0 saturated heterocycles. The standard InChI is InChI=1S/C20H28N2O3/c1-20(2,3)13-8-4-5-9-14(13)21-18(23)12-17-19(24)22-15-10-6-7-11-16(15)25-17/h6-7,10-11,13-14,17H,4-5,8-9,12H2,1-3H3,(H,21,23)(H,22,24)/t13-,14-,17+/m1/s1. The summed E-state index contributed by atoms with van der Waals surface area (Å²) in [7, 11) is 0. The van der Waals surface area contributed by atoms with Crippen molar-refractivity contribution in [1.29, 1.82) is 0 Å². The monoisotopic (exact) mass is 344 g/mol. The number of hydrogen-bond acceptors (Lipinski definition) is 3. The molecule has 3 rings (SSSR count). The van der Waals surface area contributed by atoms with Gasteiger partial charge in [-0.15, -0.1) is 0 Å². The first kappa shape index (κ1) is 17.8. The van der Waals surface area contributed by atoms with Gasteiger partial charge >= 0.3 is 0 Å². The van der Waals surface area contributed by atoms with Crippen molar-refractivity contribution in [3.05, 3.63) is 24.3 Å². The lowest BCUT2D eigenvalue weighted by molar-refractivity contribution is -0.131. The Balaban J connectivity index is 1.61. The Morgan fingerprint density at radius 2 is 1.96 bits per heavy atom. The molecule has 136 valence electrons. The van der Waals surface area contributed by atoms with Gasteiger partial charge < -0.3 is 15.4 Å². The topological polar surface area (TPSA) is 67.4 Å². The molecule has 0 aromatic heterocycles. The summed E-state index contributed by atoms with van der Waals surface area (Å²) >= 11 is 0. The van der Waals surface area contributed by atoms with Crippen molar-refractivity contribution in [1.82, 2.24) is 5.32 Å². The molecule has 25 heavy (non-hydrogen) atoms. The average Bonchev–Trinajstić information content (AvgIpc) is 2.55. The van der Waals surface area contributed by atoms with Crippen LogP contribution in [0.15, 0.2) is 24.3 Å². The molecule has 1 fully saturated rings. The van der Waals surface area contributed by atoms with Gasteiger partial charge in [0.05, 0.1) is 12.1 Å². The van der Waals surface area contributed by atoms with Gasteiger partial charge in [0.2, 0.25) is 5.91 Å². The molecule has 0 unspecified atom stereocenters. The first-order valence-corrected chi connectivity index (χ1v) is 9.20. The van der Waals surface area contributed by atoms with E-state index >= 15 is 0 Å². The lowest BCUT2D eigenvalue weighted by Gasteiger charge is -2.41. The quantitative estimate of drug-likeness (QED) is 0.882. The van der Waals surface area contributed by atoms with Gasteiger partial charge in [0.1, 0.15) is 5.75 Å². The van der Waals surface area contributed by atoms with E-state index in [4.69, 9.17) is 4.74 Å². The number of benzene rings is 1. The predicted octanol–water partition coefficient (Wildman–Crippen LogP) is 3.50. The summed E-state index contributed by atoms with van der Waals surface area (Å²) in [6.07, 6.45) is 3.79. The molecule has 3 atom stereocenters. The SMILES string of the molecule is CC(C)(C)[C@@H]1CCCC[C@H]1NC(=O)C[C@@H]1Oc2ccccc2NC1=O. The molecule has 1 aromatic rings. The molecule has 1 aliphatic heterocycles. The van der Waals surface area contributed by atoms with E-state index in [1.165, 1.54) is 6.42 Å². The molecule has 1 heterocycles. The van der Waals surface area contributed by atoms with Gasteiger partial charge in [-0.2, -0.15) is 0 Å². The van der Waals surface area contributed by atoms with E-state index in [1.807, 2.05) is 12.1 Å². The molecule has 1 aromatic carbocycles. The molecule has 1 aliphatic carbocycles. The smallest absolute Gasteiger partial charge is 0.266 e. The highest BCUT2D eigenvalue weighted by molar-refractivity contribution is 5.99. The fourth-order valence-corrected chi connectivity index (χ4v) is 4.00. The summed E-state index contributed by atoms with van der Waals surface area (Å²) in [6, 6.07) is 7.46. The second-order valence-corrected chi connectivity index (χ2v) is 8.23. The van der Waals surface area contributed by atoms with E-state index in [1.54, 1.807) is 12.1 Å². The van der Waals surface area contributed by atoms with Crippen molar-refractivity contribution < 1.29 is 14.3 Å². The van der Waals surface area contributed by atoms with Gasteiger partial charge in [-0.1, -0.05) is 45.7 Å². The number of hydrogen-bond donors (Lipinski definition) is 2. The van der Waals surface area contributed by atoms with Gasteiger partial charge in [-0.05, 0) is 36.3 Å². The van der Waals surface area contributed by atoms with Crippen molar-refractivity contribution in [3.8, 4) is 5.75 Å². The maximum absolute atomic E-state index is 12.5. The maximum Gasteiger partial charge on any atom is 0.266 e. The molecule has 0 bridgehead atoms. The highest BCUT2D eigenvalue weighted by atomic mass is 16.5. The third-order valence-corrected chi connectivity index (χ3v) is 5.30. The summed E-state index contributed by atoms with van der Waals surface area (Å²) in [5.41, 5.74) is 0.819. The van der Waals surface area contributed by atoms with Crippen LogP contribution in [0.25, 0.3) is 0 Å². The minimum atomic E-state index is -0.772. The van der Waals surface area contributed by atoms with Crippen LogP contribution in [0.3, 0.4) is 0 Å². The number of carbonyl (C=O) groups excluding carboxylic acids is 2. The molecule has 2 amide bonds. The van der Waals surface area contributed by atoms with Crippen molar-refractivity contribution in [2.75, 3.05) is 5.32 Å². The summed E-state index contributed by atoms with van der Waals surface area (Å²) in [5.74, 6) is 0.711. The summed E-state index contributed by atoms with van der Waals surface area (Å²) in [4.78, 5) is 24.7. The second-order valence-electron chi connectivity index (χ2n) is 8.23. The molecule has 5 nitrogen and oxygen atoms in total. The van der Waals surface area contributed by atoms with Crippen molar-refractivity contribution in [3.63, 3.8) is 0 Å². The zero-order valence-corrected chi connectivity index (χ0v) is 15.3. The van der Waals surface area contributed by atoms with Crippen LogP contribution in [0.1, 0.15) is 52.9 Å². The number of fused-ring (bicyclic) bond motifs is 1. The van der Waals surface area contributed by atoms with Crippen LogP contribution in [0.2, 0.25) is 0 Å². The highest BCUT2D eigenvalue weighted by Gasteiger charge is 2.36.